The lowest BCUT2D eigenvalue weighted by Gasteiger charge is -2.28. The summed E-state index contributed by atoms with van der Waals surface area (Å²) in [4.78, 5) is 59.3. The molecule has 3 aliphatic heterocycles. The second kappa shape index (κ2) is 15.6. The largest absolute Gasteiger partial charge is 0.453 e. The highest BCUT2D eigenvalue weighted by molar-refractivity contribution is 5.89. The fourth-order valence-electron chi connectivity index (χ4n) is 9.48. The summed E-state index contributed by atoms with van der Waals surface area (Å²) in [5.74, 6) is -3.66. The second-order valence-corrected chi connectivity index (χ2v) is 17.7. The maximum Gasteiger partial charge on any atom is 0.410 e. The highest BCUT2D eigenvalue weighted by atomic mass is 19.3. The van der Waals surface area contributed by atoms with Gasteiger partial charge in [0.15, 0.2) is 5.79 Å². The molecule has 0 unspecified atom stereocenters. The molecule has 10 rings (SSSR count). The summed E-state index contributed by atoms with van der Waals surface area (Å²) in [6, 6.07) is 22.6. The first-order valence-electron chi connectivity index (χ1n) is 21.4. The van der Waals surface area contributed by atoms with Crippen LogP contribution in [0, 0.1) is 0 Å². The molecule has 1 aliphatic carbocycles. The van der Waals surface area contributed by atoms with E-state index in [9.17, 15) is 14.4 Å². The SMILES string of the molecule is COC(=O)N[C@@H](C(=O)N1CC2(C[C@H]1c1nc3ccc(-c4ccc5c(c4)C(F)(F)c4cc(-c6cnc([C@@H]7CCCN7C(=O)OC(C)(C)C)[nH]6)ccc4-5)cc3[nH]1)OCCO2)c1ccccc1. The van der Waals surface area contributed by atoms with Crippen molar-refractivity contribution >= 4 is 29.1 Å². The number of halogens is 2. The van der Waals surface area contributed by atoms with Gasteiger partial charge in [-0.05, 0) is 85.7 Å². The van der Waals surface area contributed by atoms with Gasteiger partial charge >= 0.3 is 12.2 Å². The van der Waals surface area contributed by atoms with Gasteiger partial charge in [-0.25, -0.2) is 19.6 Å². The first-order valence-corrected chi connectivity index (χ1v) is 21.4. The standard InChI is InChI=1S/C48H47F2N7O7/c1-46(2,3)64-45(60)56-18-8-11-38(56)41-51-25-37(54-41)30-13-16-32-31-15-12-28(21-33(31)48(49,50)34(32)22-30)29-14-17-35-36(23-29)53-42(52-35)39-24-47(62-19-20-63-47)26-57(39)43(58)40(55-44(59)61-4)27-9-6-5-7-10-27/h5-7,9-10,12-17,21-23,25,38-40H,8,11,18-20,24,26H2,1-4H3,(H,51,54)(H,52,53)(H,55,59)/t38-,39-,40+/m0/s1. The van der Waals surface area contributed by atoms with E-state index >= 15 is 8.78 Å². The summed E-state index contributed by atoms with van der Waals surface area (Å²) in [5, 5.41) is 2.69. The average molecular weight is 872 g/mol. The molecule has 0 bridgehead atoms. The number of nitrogens with one attached hydrogen (secondary N) is 3. The molecular weight excluding hydrogens is 825 g/mol. The zero-order chi connectivity index (χ0) is 44.5. The predicted molar refractivity (Wildman–Crippen MR) is 231 cm³/mol. The van der Waals surface area contributed by atoms with Crippen LogP contribution in [0.4, 0.5) is 18.4 Å². The van der Waals surface area contributed by atoms with E-state index in [2.05, 4.69) is 20.3 Å². The number of nitrogens with zero attached hydrogens (tertiary/aromatic N) is 4. The number of methoxy groups -OCH3 is 1. The number of carbonyl (C=O) groups is 3. The molecule has 3 N–H and O–H groups in total. The number of imidazole rings is 2. The van der Waals surface area contributed by atoms with Crippen LogP contribution in [0.5, 0.6) is 0 Å². The number of aromatic nitrogens is 4. The molecule has 3 fully saturated rings. The third kappa shape index (κ3) is 7.33. The smallest absolute Gasteiger partial charge is 0.410 e. The van der Waals surface area contributed by atoms with Crippen LogP contribution in [-0.4, -0.2) is 92.6 Å². The summed E-state index contributed by atoms with van der Waals surface area (Å²) in [7, 11) is 1.24. The molecule has 2 aromatic heterocycles. The van der Waals surface area contributed by atoms with Gasteiger partial charge in [-0.2, -0.15) is 8.78 Å². The number of benzene rings is 4. The van der Waals surface area contributed by atoms with Crippen molar-refractivity contribution in [2.45, 2.75) is 75.5 Å². The van der Waals surface area contributed by atoms with Crippen molar-refractivity contribution in [2.24, 2.45) is 0 Å². The van der Waals surface area contributed by atoms with Gasteiger partial charge in [-0.1, -0.05) is 60.7 Å². The second-order valence-electron chi connectivity index (χ2n) is 17.7. The Morgan fingerprint density at radius 2 is 1.55 bits per heavy atom. The molecule has 4 aliphatic rings. The number of alkyl halides is 2. The number of carbonyl (C=O) groups excluding carboxylic acids is 3. The van der Waals surface area contributed by atoms with Gasteiger partial charge in [0.05, 0.1) is 61.9 Å². The Kier molecular flexibility index (Phi) is 10.1. The number of rotatable bonds is 7. The molecule has 64 heavy (non-hydrogen) atoms. The number of hydrogen-bond acceptors (Lipinski definition) is 9. The van der Waals surface area contributed by atoms with Crippen molar-refractivity contribution < 1.29 is 42.1 Å². The summed E-state index contributed by atoms with van der Waals surface area (Å²) in [5.41, 5.74) is 4.33. The summed E-state index contributed by atoms with van der Waals surface area (Å²) in [6.07, 6.45) is 2.26. The molecule has 1 spiro atoms. The third-order valence-electron chi connectivity index (χ3n) is 12.5. The van der Waals surface area contributed by atoms with Gasteiger partial charge in [0.25, 0.3) is 11.8 Å². The highest BCUT2D eigenvalue weighted by Crippen LogP contribution is 2.53. The Labute approximate surface area is 367 Å². The van der Waals surface area contributed by atoms with Crippen LogP contribution in [0.25, 0.3) is 44.5 Å². The summed E-state index contributed by atoms with van der Waals surface area (Å²) in [6.45, 7) is 6.86. The molecule has 3 atom stereocenters. The van der Waals surface area contributed by atoms with Crippen molar-refractivity contribution in [1.82, 2.24) is 35.1 Å². The van der Waals surface area contributed by atoms with Crippen LogP contribution in [0.15, 0.2) is 91.1 Å². The molecule has 16 heteroatoms. The van der Waals surface area contributed by atoms with Crippen LogP contribution in [0.1, 0.15) is 86.5 Å². The number of ether oxygens (including phenoxy) is 4. The van der Waals surface area contributed by atoms with Crippen molar-refractivity contribution in [3.05, 3.63) is 119 Å². The van der Waals surface area contributed by atoms with Gasteiger partial charge in [0.1, 0.15) is 23.3 Å². The fraction of sp³-hybridized carbons (Fsp3) is 0.354. The van der Waals surface area contributed by atoms with Gasteiger partial charge in [0, 0.05) is 29.7 Å². The van der Waals surface area contributed by atoms with Crippen LogP contribution in [0.3, 0.4) is 0 Å². The minimum Gasteiger partial charge on any atom is -0.453 e. The zero-order valence-corrected chi connectivity index (χ0v) is 35.7. The van der Waals surface area contributed by atoms with Crippen molar-refractivity contribution in [3.63, 3.8) is 0 Å². The predicted octanol–water partition coefficient (Wildman–Crippen LogP) is 8.93. The van der Waals surface area contributed by atoms with Crippen molar-refractivity contribution in [3.8, 4) is 33.5 Å². The van der Waals surface area contributed by atoms with Crippen LogP contribution >= 0.6 is 0 Å². The van der Waals surface area contributed by atoms with E-state index in [1.807, 2.05) is 57.2 Å². The van der Waals surface area contributed by atoms with E-state index in [1.165, 1.54) is 13.2 Å². The Morgan fingerprint density at radius 3 is 2.27 bits per heavy atom. The number of hydrogen-bond donors (Lipinski definition) is 3. The number of fused-ring (bicyclic) bond motifs is 4. The van der Waals surface area contributed by atoms with Gasteiger partial charge in [-0.15, -0.1) is 0 Å². The zero-order valence-electron chi connectivity index (χ0n) is 35.7. The topological polar surface area (TPSA) is 164 Å². The van der Waals surface area contributed by atoms with E-state index < -0.39 is 47.5 Å². The fourth-order valence-corrected chi connectivity index (χ4v) is 9.48. The Hall–Kier alpha value is -6.65. The van der Waals surface area contributed by atoms with E-state index in [0.29, 0.717) is 94.4 Å². The summed E-state index contributed by atoms with van der Waals surface area (Å²) < 4.78 is 55.8. The molecule has 14 nitrogen and oxygen atoms in total. The molecule has 330 valence electrons. The number of H-pyrrole nitrogens is 2. The number of alkyl carbamates (subject to hydrolysis) is 1. The first kappa shape index (κ1) is 41.4. The lowest BCUT2D eigenvalue weighted by atomic mass is 9.98. The minimum absolute atomic E-state index is 0.0951. The molecule has 5 heterocycles. The van der Waals surface area contributed by atoms with Gasteiger partial charge < -0.3 is 39.1 Å². The number of aromatic amines is 2. The van der Waals surface area contributed by atoms with E-state index in [1.54, 1.807) is 58.5 Å². The quantitative estimate of drug-likeness (QED) is 0.142. The Morgan fingerprint density at radius 1 is 0.859 bits per heavy atom. The van der Waals surface area contributed by atoms with Crippen LogP contribution < -0.4 is 5.32 Å². The summed E-state index contributed by atoms with van der Waals surface area (Å²) >= 11 is 0. The maximum absolute atomic E-state index is 16.6. The van der Waals surface area contributed by atoms with E-state index in [4.69, 9.17) is 23.9 Å². The molecule has 3 saturated heterocycles. The van der Waals surface area contributed by atoms with E-state index in [0.717, 1.165) is 6.42 Å². The highest BCUT2D eigenvalue weighted by Gasteiger charge is 2.53. The Bertz CT molecular complexity index is 2800. The molecule has 6 aromatic rings. The molecule has 0 saturated carbocycles. The Balaban J connectivity index is 0.913. The first-order chi connectivity index (χ1) is 30.7. The number of amides is 3. The van der Waals surface area contributed by atoms with Crippen LogP contribution in [-0.2, 0) is 29.7 Å². The van der Waals surface area contributed by atoms with Crippen LogP contribution in [0.2, 0.25) is 0 Å². The minimum atomic E-state index is -3.29. The van der Waals surface area contributed by atoms with Crippen molar-refractivity contribution in [1.29, 1.82) is 0 Å². The molecule has 3 amide bonds. The molecule has 0 radical (unpaired) electrons. The lowest BCUT2D eigenvalue weighted by molar-refractivity contribution is -0.153. The lowest BCUT2D eigenvalue weighted by Crippen LogP contribution is -2.44. The number of likely N-dealkylation sites (tertiary alicyclic amines) is 2. The van der Waals surface area contributed by atoms with E-state index in [-0.39, 0.29) is 23.7 Å². The molecular formula is C48H47F2N7O7. The monoisotopic (exact) mass is 871 g/mol. The van der Waals surface area contributed by atoms with Gasteiger partial charge in [-0.3, -0.25) is 9.69 Å². The maximum atomic E-state index is 16.6. The molecule has 4 aromatic carbocycles. The normalized spacial score (nSPS) is 20.1. The van der Waals surface area contributed by atoms with Gasteiger partial charge in [0.2, 0.25) is 0 Å². The third-order valence-corrected chi connectivity index (χ3v) is 12.5. The average Bonchev–Trinajstić information content (AvgIpc) is 4.16. The van der Waals surface area contributed by atoms with Crippen molar-refractivity contribution in [2.75, 3.05) is 33.4 Å².